The van der Waals surface area contributed by atoms with Gasteiger partial charge in [-0.25, -0.2) is 0 Å². The van der Waals surface area contributed by atoms with Crippen molar-refractivity contribution < 1.29 is 10.2 Å². The molecule has 5 aliphatic rings. The summed E-state index contributed by atoms with van der Waals surface area (Å²) in [5, 5.41) is 31.9. The molecule has 0 radical (unpaired) electrons. The van der Waals surface area contributed by atoms with Crippen molar-refractivity contribution in [3.63, 3.8) is 0 Å². The zero-order valence-electron chi connectivity index (χ0n) is 13.3. The van der Waals surface area contributed by atoms with Gasteiger partial charge >= 0.3 is 0 Å². The SMILES string of the molecule is CNC1N=c2c3cc4c(O)c5cc1ccc5c(O)c4c2=NC3NC. The summed E-state index contributed by atoms with van der Waals surface area (Å²) in [6.07, 6.45) is -0.471. The molecular formula is C18H16N4O2. The van der Waals surface area contributed by atoms with Crippen LogP contribution in [0, 0.1) is 0 Å². The van der Waals surface area contributed by atoms with Crippen LogP contribution in [0.3, 0.4) is 0 Å². The lowest BCUT2D eigenvalue weighted by Gasteiger charge is -2.18. The van der Waals surface area contributed by atoms with E-state index in [1.165, 1.54) is 0 Å². The molecule has 3 aromatic rings. The van der Waals surface area contributed by atoms with Gasteiger partial charge in [0.15, 0.2) is 0 Å². The molecule has 0 fully saturated rings. The maximum absolute atomic E-state index is 10.8. The molecule has 0 aromatic heterocycles. The summed E-state index contributed by atoms with van der Waals surface area (Å²) in [7, 11) is 3.69. The summed E-state index contributed by atoms with van der Waals surface area (Å²) in [6.45, 7) is 0. The van der Waals surface area contributed by atoms with Gasteiger partial charge in [-0.05, 0) is 31.8 Å². The van der Waals surface area contributed by atoms with E-state index in [-0.39, 0.29) is 23.8 Å². The van der Waals surface area contributed by atoms with Gasteiger partial charge in [-0.15, -0.1) is 0 Å². The van der Waals surface area contributed by atoms with Crippen LogP contribution < -0.4 is 21.3 Å². The van der Waals surface area contributed by atoms with Crippen molar-refractivity contribution in [2.24, 2.45) is 9.98 Å². The number of hydrogen-bond donors (Lipinski definition) is 4. The van der Waals surface area contributed by atoms with Crippen LogP contribution in [0.25, 0.3) is 21.5 Å². The van der Waals surface area contributed by atoms with Gasteiger partial charge in [0.05, 0.1) is 16.1 Å². The van der Waals surface area contributed by atoms with Crippen molar-refractivity contribution in [2.45, 2.75) is 12.3 Å². The number of benzene rings is 3. The second-order valence-corrected chi connectivity index (χ2v) is 6.23. The molecule has 2 unspecified atom stereocenters. The highest BCUT2D eigenvalue weighted by atomic mass is 16.3. The van der Waals surface area contributed by atoms with Crippen LogP contribution in [-0.2, 0) is 0 Å². The van der Waals surface area contributed by atoms with E-state index in [4.69, 9.17) is 4.99 Å². The fraction of sp³-hybridized carbons (Fsp3) is 0.222. The Bertz CT molecular complexity index is 1170. The first-order valence-electron chi connectivity index (χ1n) is 7.88. The molecule has 3 aromatic carbocycles. The lowest BCUT2D eigenvalue weighted by Crippen LogP contribution is -2.29. The van der Waals surface area contributed by atoms with Crippen LogP contribution in [0.4, 0.5) is 0 Å². The maximum Gasteiger partial charge on any atom is 0.133 e. The van der Waals surface area contributed by atoms with Crippen molar-refractivity contribution in [3.8, 4) is 11.5 Å². The minimum atomic E-state index is -0.244. The molecule has 0 saturated carbocycles. The largest absolute Gasteiger partial charge is 0.507 e. The molecule has 8 rings (SSSR count). The van der Waals surface area contributed by atoms with Crippen LogP contribution in [0.1, 0.15) is 23.5 Å². The zero-order chi connectivity index (χ0) is 16.6. The van der Waals surface area contributed by atoms with E-state index in [9.17, 15) is 10.2 Å². The Morgan fingerprint density at radius 1 is 0.833 bits per heavy atom. The van der Waals surface area contributed by atoms with Crippen LogP contribution in [0.2, 0.25) is 0 Å². The van der Waals surface area contributed by atoms with Gasteiger partial charge < -0.3 is 10.2 Å². The molecule has 6 heteroatoms. The van der Waals surface area contributed by atoms with Crippen LogP contribution >= 0.6 is 0 Å². The quantitative estimate of drug-likeness (QED) is 0.421. The number of hydrogen-bond acceptors (Lipinski definition) is 6. The molecule has 5 heterocycles. The Morgan fingerprint density at radius 3 is 2.33 bits per heavy atom. The standard InChI is InChI=1S/C18H16N4O2/c1-19-17-7-3-4-8-9(5-7)15(23)10-6-11-13(21-17)14(12(10)16(8)24)22-18(11)20-2/h3-6,17-20,23-24H,1-2H3. The van der Waals surface area contributed by atoms with E-state index < -0.39 is 0 Å². The summed E-state index contributed by atoms with van der Waals surface area (Å²) in [5.41, 5.74) is 1.85. The lowest BCUT2D eigenvalue weighted by molar-refractivity contribution is 0.478. The van der Waals surface area contributed by atoms with E-state index in [2.05, 4.69) is 15.6 Å². The van der Waals surface area contributed by atoms with Gasteiger partial charge in [0, 0.05) is 21.7 Å². The topological polar surface area (TPSA) is 89.2 Å². The first kappa shape index (κ1) is 13.7. The average Bonchev–Trinajstić information content (AvgIpc) is 2.83. The third-order valence-electron chi connectivity index (χ3n) is 5.02. The fourth-order valence-corrected chi connectivity index (χ4v) is 3.84. The molecule has 4 N–H and O–H groups in total. The third kappa shape index (κ3) is 1.47. The lowest BCUT2D eigenvalue weighted by atomic mass is 9.95. The summed E-state index contributed by atoms with van der Waals surface area (Å²) in [5.74, 6) is 0.322. The first-order valence-corrected chi connectivity index (χ1v) is 7.88. The van der Waals surface area contributed by atoms with Crippen molar-refractivity contribution in [3.05, 3.63) is 46.1 Å². The van der Waals surface area contributed by atoms with Crippen molar-refractivity contribution in [2.75, 3.05) is 14.1 Å². The molecule has 2 atom stereocenters. The van der Waals surface area contributed by atoms with E-state index in [1.54, 1.807) is 0 Å². The smallest absolute Gasteiger partial charge is 0.133 e. The van der Waals surface area contributed by atoms with Crippen LogP contribution in [-0.4, -0.2) is 24.3 Å². The van der Waals surface area contributed by atoms with E-state index in [0.717, 1.165) is 16.5 Å². The van der Waals surface area contributed by atoms with E-state index in [0.29, 0.717) is 26.9 Å². The predicted molar refractivity (Wildman–Crippen MR) is 90.7 cm³/mol. The molecule has 0 aliphatic carbocycles. The number of fused-ring (bicyclic) bond motifs is 1. The summed E-state index contributed by atoms with van der Waals surface area (Å²) in [4.78, 5) is 9.55. The number of rotatable bonds is 2. The Morgan fingerprint density at radius 2 is 1.58 bits per heavy atom. The van der Waals surface area contributed by atoms with Gasteiger partial charge in [0.1, 0.15) is 23.8 Å². The Hall–Kier alpha value is -2.70. The Balaban J connectivity index is 2.16. The fourth-order valence-electron chi connectivity index (χ4n) is 3.84. The molecule has 6 nitrogen and oxygen atoms in total. The molecular weight excluding hydrogens is 304 g/mol. The minimum Gasteiger partial charge on any atom is -0.507 e. The highest BCUT2D eigenvalue weighted by Crippen LogP contribution is 2.42. The Labute approximate surface area is 137 Å². The average molecular weight is 320 g/mol. The second kappa shape index (κ2) is 4.43. The molecule has 8 bridgehead atoms. The number of nitrogens with one attached hydrogen (secondary N) is 2. The zero-order valence-corrected chi connectivity index (χ0v) is 13.3. The number of phenolic OH excluding ortho intramolecular Hbond substituents is 2. The number of phenols is 2. The van der Waals surface area contributed by atoms with Crippen molar-refractivity contribution in [1.29, 1.82) is 0 Å². The molecule has 0 spiro atoms. The number of nitrogens with zero attached hydrogens (tertiary/aromatic N) is 2. The predicted octanol–water partition coefficient (Wildman–Crippen LogP) is 1.11. The van der Waals surface area contributed by atoms with Crippen LogP contribution in [0.15, 0.2) is 34.3 Å². The summed E-state index contributed by atoms with van der Waals surface area (Å²) in [6, 6.07) is 7.52. The molecule has 120 valence electrons. The minimum absolute atomic E-state index is 0.144. The van der Waals surface area contributed by atoms with Gasteiger partial charge in [-0.2, -0.15) is 0 Å². The summed E-state index contributed by atoms with van der Waals surface area (Å²) >= 11 is 0. The first-order chi connectivity index (χ1) is 11.6. The second-order valence-electron chi connectivity index (χ2n) is 6.23. The third-order valence-corrected chi connectivity index (χ3v) is 5.02. The van der Waals surface area contributed by atoms with Crippen molar-refractivity contribution >= 4 is 21.5 Å². The highest BCUT2D eigenvalue weighted by molar-refractivity contribution is 6.11. The molecule has 0 amide bonds. The molecule has 24 heavy (non-hydrogen) atoms. The number of aromatic hydroxyl groups is 2. The summed E-state index contributed by atoms with van der Waals surface area (Å²) < 4.78 is 0. The molecule has 5 aliphatic heterocycles. The highest BCUT2D eigenvalue weighted by Gasteiger charge is 2.27. The maximum atomic E-state index is 10.8. The van der Waals surface area contributed by atoms with Gasteiger partial charge in [-0.3, -0.25) is 20.6 Å². The van der Waals surface area contributed by atoms with Gasteiger partial charge in [0.2, 0.25) is 0 Å². The van der Waals surface area contributed by atoms with Gasteiger partial charge in [0.25, 0.3) is 0 Å². The normalized spacial score (nSPS) is 20.6. The van der Waals surface area contributed by atoms with E-state index in [1.807, 2.05) is 38.4 Å². The van der Waals surface area contributed by atoms with Gasteiger partial charge in [-0.1, -0.05) is 12.1 Å². The van der Waals surface area contributed by atoms with Crippen LogP contribution in [0.5, 0.6) is 11.5 Å². The Kier molecular flexibility index (Phi) is 2.53. The van der Waals surface area contributed by atoms with E-state index >= 15 is 0 Å². The van der Waals surface area contributed by atoms with Crippen molar-refractivity contribution in [1.82, 2.24) is 10.6 Å². The monoisotopic (exact) mass is 320 g/mol. The molecule has 0 saturated heterocycles.